The van der Waals surface area contributed by atoms with Crippen LogP contribution in [0.2, 0.25) is 0 Å². The van der Waals surface area contributed by atoms with Gasteiger partial charge in [0.2, 0.25) is 0 Å². The maximum atomic E-state index is 4.39. The van der Waals surface area contributed by atoms with Crippen molar-refractivity contribution in [2.45, 2.75) is 32.2 Å². The summed E-state index contributed by atoms with van der Waals surface area (Å²) in [5, 5.41) is 3.47. The van der Waals surface area contributed by atoms with Crippen molar-refractivity contribution in [3.63, 3.8) is 0 Å². The van der Waals surface area contributed by atoms with E-state index in [1.165, 1.54) is 18.4 Å². The Morgan fingerprint density at radius 2 is 2.33 bits per heavy atom. The van der Waals surface area contributed by atoms with Gasteiger partial charge in [-0.15, -0.1) is 0 Å². The second kappa shape index (κ2) is 4.79. The van der Waals surface area contributed by atoms with Crippen LogP contribution in [0.25, 0.3) is 0 Å². The van der Waals surface area contributed by atoms with E-state index in [1.54, 1.807) is 0 Å². The molecule has 3 heteroatoms. The van der Waals surface area contributed by atoms with E-state index in [0.717, 1.165) is 16.7 Å². The Bertz CT molecular complexity index is 374. The van der Waals surface area contributed by atoms with E-state index in [9.17, 15) is 0 Å². The average molecular weight is 267 g/mol. The van der Waals surface area contributed by atoms with Gasteiger partial charge in [-0.2, -0.15) is 0 Å². The van der Waals surface area contributed by atoms with E-state index in [0.29, 0.717) is 6.04 Å². The highest BCUT2D eigenvalue weighted by molar-refractivity contribution is 9.10. The van der Waals surface area contributed by atoms with E-state index >= 15 is 0 Å². The summed E-state index contributed by atoms with van der Waals surface area (Å²) < 4.78 is 1.05. The molecule has 0 saturated carbocycles. The first kappa shape index (κ1) is 10.7. The number of nitrogens with one attached hydrogen (secondary N) is 1. The van der Waals surface area contributed by atoms with Gasteiger partial charge in [-0.05, 0) is 53.7 Å². The van der Waals surface area contributed by atoms with Gasteiger partial charge >= 0.3 is 0 Å². The Morgan fingerprint density at radius 1 is 1.47 bits per heavy atom. The molecule has 1 aromatic heterocycles. The molecule has 0 bridgehead atoms. The molecule has 0 saturated heterocycles. The molecule has 1 unspecified atom stereocenters. The highest BCUT2D eigenvalue weighted by Gasteiger charge is 2.11. The smallest absolute Gasteiger partial charge is 0.140 e. The predicted molar refractivity (Wildman–Crippen MR) is 67.1 cm³/mol. The number of allylic oxidation sites excluding steroid dienone is 1. The van der Waals surface area contributed by atoms with Crippen molar-refractivity contribution < 1.29 is 0 Å². The zero-order valence-corrected chi connectivity index (χ0v) is 10.4. The lowest BCUT2D eigenvalue weighted by molar-refractivity contribution is 0.641. The number of halogens is 1. The summed E-state index contributed by atoms with van der Waals surface area (Å²) in [5.41, 5.74) is 1.18. The second-order valence-electron chi connectivity index (χ2n) is 3.97. The fraction of sp³-hybridized carbons (Fsp3) is 0.417. The summed E-state index contributed by atoms with van der Waals surface area (Å²) in [7, 11) is 0. The summed E-state index contributed by atoms with van der Waals surface area (Å²) in [6, 6.07) is 2.62. The predicted octanol–water partition coefficient (Wildman–Crippen LogP) is 3.67. The average Bonchev–Trinajstić information content (AvgIpc) is 2.24. The second-order valence-corrected chi connectivity index (χ2v) is 4.82. The van der Waals surface area contributed by atoms with Crippen LogP contribution < -0.4 is 5.32 Å². The summed E-state index contributed by atoms with van der Waals surface area (Å²) in [6.45, 7) is 2.05. The number of anilines is 1. The van der Waals surface area contributed by atoms with Crippen LogP contribution in [0, 0.1) is 6.92 Å². The first-order chi connectivity index (χ1) is 7.25. The highest BCUT2D eigenvalue weighted by atomic mass is 79.9. The lowest BCUT2D eigenvalue weighted by Crippen LogP contribution is -2.21. The van der Waals surface area contributed by atoms with Crippen molar-refractivity contribution in [2.75, 3.05) is 5.32 Å². The van der Waals surface area contributed by atoms with Crippen LogP contribution in [-0.4, -0.2) is 11.0 Å². The molecule has 15 heavy (non-hydrogen) atoms. The molecule has 1 heterocycles. The molecule has 1 aliphatic carbocycles. The van der Waals surface area contributed by atoms with Crippen molar-refractivity contribution in [1.82, 2.24) is 4.98 Å². The van der Waals surface area contributed by atoms with Gasteiger partial charge < -0.3 is 5.32 Å². The molecule has 1 aromatic rings. The van der Waals surface area contributed by atoms with Crippen LogP contribution >= 0.6 is 15.9 Å². The van der Waals surface area contributed by atoms with Crippen LogP contribution in [-0.2, 0) is 0 Å². The third-order valence-electron chi connectivity index (χ3n) is 2.59. The van der Waals surface area contributed by atoms with Crippen LogP contribution in [0.1, 0.15) is 24.8 Å². The number of aryl methyl sites for hydroxylation is 1. The molecular formula is C12H15BrN2. The first-order valence-electron chi connectivity index (χ1n) is 5.29. The normalized spacial score (nSPS) is 20.3. The minimum atomic E-state index is 0.529. The Hall–Kier alpha value is -0.830. The number of rotatable bonds is 2. The highest BCUT2D eigenvalue weighted by Crippen LogP contribution is 2.23. The summed E-state index contributed by atoms with van der Waals surface area (Å²) in [6.07, 6.45) is 9.84. The van der Waals surface area contributed by atoms with Gasteiger partial charge in [0, 0.05) is 12.2 Å². The molecule has 1 atom stereocenters. The number of aromatic nitrogens is 1. The monoisotopic (exact) mass is 266 g/mol. The molecule has 2 rings (SSSR count). The molecule has 1 aliphatic rings. The third-order valence-corrected chi connectivity index (χ3v) is 3.19. The summed E-state index contributed by atoms with van der Waals surface area (Å²) in [4.78, 5) is 4.39. The lowest BCUT2D eigenvalue weighted by Gasteiger charge is -2.20. The lowest BCUT2D eigenvalue weighted by atomic mass is 10.0. The Balaban J connectivity index is 2.06. The third kappa shape index (κ3) is 2.81. The molecule has 80 valence electrons. The van der Waals surface area contributed by atoms with Gasteiger partial charge in [0.05, 0.1) is 4.47 Å². The maximum absolute atomic E-state index is 4.39. The molecule has 0 aliphatic heterocycles. The van der Waals surface area contributed by atoms with Crippen LogP contribution in [0.15, 0.2) is 28.9 Å². The molecule has 0 aromatic carbocycles. The van der Waals surface area contributed by atoms with Gasteiger partial charge in [0.15, 0.2) is 0 Å². The van der Waals surface area contributed by atoms with E-state index in [-0.39, 0.29) is 0 Å². The SMILES string of the molecule is Cc1cnc(NC2CC=CCC2)c(Br)c1. The van der Waals surface area contributed by atoms with Crippen LogP contribution in [0.5, 0.6) is 0 Å². The van der Waals surface area contributed by atoms with Gasteiger partial charge in [-0.1, -0.05) is 12.2 Å². The van der Waals surface area contributed by atoms with Crippen molar-refractivity contribution in [3.05, 3.63) is 34.5 Å². The van der Waals surface area contributed by atoms with E-state index < -0.39 is 0 Å². The van der Waals surface area contributed by atoms with Crippen molar-refractivity contribution >= 4 is 21.7 Å². The van der Waals surface area contributed by atoms with Gasteiger partial charge in [-0.3, -0.25) is 0 Å². The molecule has 0 fully saturated rings. The van der Waals surface area contributed by atoms with Crippen LogP contribution in [0.4, 0.5) is 5.82 Å². The zero-order chi connectivity index (χ0) is 10.7. The quantitative estimate of drug-likeness (QED) is 0.827. The van der Waals surface area contributed by atoms with E-state index in [1.807, 2.05) is 13.1 Å². The molecular weight excluding hydrogens is 252 g/mol. The minimum Gasteiger partial charge on any atom is -0.366 e. The Labute approximate surface area is 98.9 Å². The van der Waals surface area contributed by atoms with Crippen molar-refractivity contribution in [2.24, 2.45) is 0 Å². The summed E-state index contributed by atoms with van der Waals surface area (Å²) >= 11 is 3.53. The molecule has 0 amide bonds. The first-order valence-corrected chi connectivity index (χ1v) is 6.08. The Kier molecular flexibility index (Phi) is 3.41. The zero-order valence-electron chi connectivity index (χ0n) is 8.83. The maximum Gasteiger partial charge on any atom is 0.140 e. The number of hydrogen-bond donors (Lipinski definition) is 1. The molecule has 0 radical (unpaired) electrons. The van der Waals surface area contributed by atoms with Crippen molar-refractivity contribution in [1.29, 1.82) is 0 Å². The number of hydrogen-bond acceptors (Lipinski definition) is 2. The van der Waals surface area contributed by atoms with Gasteiger partial charge in [0.1, 0.15) is 5.82 Å². The minimum absolute atomic E-state index is 0.529. The molecule has 2 nitrogen and oxygen atoms in total. The number of nitrogens with zero attached hydrogens (tertiary/aromatic N) is 1. The van der Waals surface area contributed by atoms with Gasteiger partial charge in [-0.25, -0.2) is 4.98 Å². The molecule has 1 N–H and O–H groups in total. The number of pyridine rings is 1. The Morgan fingerprint density at radius 3 is 3.00 bits per heavy atom. The largest absolute Gasteiger partial charge is 0.366 e. The topological polar surface area (TPSA) is 24.9 Å². The van der Waals surface area contributed by atoms with Crippen molar-refractivity contribution in [3.8, 4) is 0 Å². The fourth-order valence-electron chi connectivity index (χ4n) is 1.76. The summed E-state index contributed by atoms with van der Waals surface area (Å²) in [5.74, 6) is 0.959. The van der Waals surface area contributed by atoms with Crippen LogP contribution in [0.3, 0.4) is 0 Å². The van der Waals surface area contributed by atoms with Gasteiger partial charge in [0.25, 0.3) is 0 Å². The standard InChI is InChI=1S/C12H15BrN2/c1-9-7-11(13)12(14-8-9)15-10-5-3-2-4-6-10/h2-3,7-8,10H,4-6H2,1H3,(H,14,15). The fourth-order valence-corrected chi connectivity index (χ4v) is 2.34. The molecule has 0 spiro atoms. The van der Waals surface area contributed by atoms with E-state index in [2.05, 4.69) is 44.4 Å². The van der Waals surface area contributed by atoms with E-state index in [4.69, 9.17) is 0 Å².